The zero-order chi connectivity index (χ0) is 20.4. The lowest BCUT2D eigenvalue weighted by molar-refractivity contribution is 0.219. The molecule has 2 heterocycles. The number of halogens is 2. The van der Waals surface area contributed by atoms with Crippen molar-refractivity contribution in [2.24, 2.45) is 0 Å². The van der Waals surface area contributed by atoms with Crippen LogP contribution in [0, 0.1) is 0 Å². The standard InChI is InChI=1S/C20H18BrClN4O2S/c1-3-8-29-20-24-19-16(25-26-20)12-6-4-5-7-15(12)23-18(28-19)13-9-11(22)10-14(21)17(13)27-2/h4-7,9-10,18,23H,3,8H2,1-2H3/t18-/m1/s1. The molecule has 0 saturated carbocycles. The summed E-state index contributed by atoms with van der Waals surface area (Å²) in [5.74, 6) is 1.96. The fourth-order valence-corrected chi connectivity index (χ4v) is 4.66. The maximum atomic E-state index is 6.31. The molecule has 1 N–H and O–H groups in total. The quantitative estimate of drug-likeness (QED) is 0.439. The summed E-state index contributed by atoms with van der Waals surface area (Å²) in [5, 5.41) is 13.3. The molecule has 1 aliphatic rings. The van der Waals surface area contributed by atoms with Crippen LogP contribution >= 0.6 is 39.3 Å². The number of benzene rings is 2. The minimum absolute atomic E-state index is 0.416. The van der Waals surface area contributed by atoms with Crippen LogP contribution in [0.4, 0.5) is 5.69 Å². The first kappa shape index (κ1) is 20.3. The summed E-state index contributed by atoms with van der Waals surface area (Å²) in [6.45, 7) is 2.11. The lowest BCUT2D eigenvalue weighted by Crippen LogP contribution is -2.18. The number of para-hydroxylation sites is 1. The Morgan fingerprint density at radius 2 is 2.10 bits per heavy atom. The van der Waals surface area contributed by atoms with Gasteiger partial charge in [0.2, 0.25) is 17.3 Å². The molecule has 1 atom stereocenters. The predicted octanol–water partition coefficient (Wildman–Crippen LogP) is 5.97. The Labute approximate surface area is 186 Å². The van der Waals surface area contributed by atoms with Gasteiger partial charge in [0.1, 0.15) is 5.75 Å². The van der Waals surface area contributed by atoms with E-state index < -0.39 is 6.23 Å². The van der Waals surface area contributed by atoms with E-state index >= 15 is 0 Å². The van der Waals surface area contributed by atoms with Crippen molar-refractivity contribution < 1.29 is 9.47 Å². The van der Waals surface area contributed by atoms with E-state index in [4.69, 9.17) is 21.1 Å². The number of aromatic nitrogens is 3. The average Bonchev–Trinajstić information content (AvgIpc) is 2.88. The average molecular weight is 494 g/mol. The SMILES string of the molecule is CCCSc1nnc2c(n1)O[C@H](c1cc(Cl)cc(Br)c1OC)Nc1ccccc1-2. The van der Waals surface area contributed by atoms with Crippen LogP contribution in [0.25, 0.3) is 11.3 Å². The van der Waals surface area contributed by atoms with E-state index in [1.54, 1.807) is 24.9 Å². The molecule has 0 amide bonds. The second-order valence-electron chi connectivity index (χ2n) is 6.29. The first-order valence-electron chi connectivity index (χ1n) is 9.03. The third kappa shape index (κ3) is 4.15. The zero-order valence-electron chi connectivity index (χ0n) is 15.8. The van der Waals surface area contributed by atoms with E-state index in [1.165, 1.54) is 0 Å². The number of thioether (sulfide) groups is 1. The van der Waals surface area contributed by atoms with Crippen molar-refractivity contribution in [2.45, 2.75) is 24.7 Å². The van der Waals surface area contributed by atoms with E-state index in [1.807, 2.05) is 30.3 Å². The van der Waals surface area contributed by atoms with Gasteiger partial charge in [0.15, 0.2) is 5.69 Å². The van der Waals surface area contributed by atoms with Crippen molar-refractivity contribution >= 4 is 45.0 Å². The molecule has 6 nitrogen and oxygen atoms in total. The molecule has 3 aromatic rings. The summed E-state index contributed by atoms with van der Waals surface area (Å²) in [7, 11) is 1.61. The van der Waals surface area contributed by atoms with Gasteiger partial charge in [-0.2, -0.15) is 4.98 Å². The van der Waals surface area contributed by atoms with Crippen molar-refractivity contribution in [1.29, 1.82) is 0 Å². The highest BCUT2D eigenvalue weighted by Gasteiger charge is 2.28. The fraction of sp³-hybridized carbons (Fsp3) is 0.250. The lowest BCUT2D eigenvalue weighted by Gasteiger charge is -2.22. The Morgan fingerprint density at radius 3 is 2.90 bits per heavy atom. The Bertz CT molecular complexity index is 1050. The molecule has 2 aromatic carbocycles. The van der Waals surface area contributed by atoms with Gasteiger partial charge < -0.3 is 14.8 Å². The van der Waals surface area contributed by atoms with Crippen LogP contribution in [-0.4, -0.2) is 28.0 Å². The van der Waals surface area contributed by atoms with Gasteiger partial charge in [-0.15, -0.1) is 10.2 Å². The Kier molecular flexibility index (Phi) is 6.12. The van der Waals surface area contributed by atoms with Crippen LogP contribution in [0.3, 0.4) is 0 Å². The maximum absolute atomic E-state index is 6.31. The van der Waals surface area contributed by atoms with Crippen molar-refractivity contribution in [3.63, 3.8) is 0 Å². The fourth-order valence-electron chi connectivity index (χ4n) is 3.03. The third-order valence-corrected chi connectivity index (χ3v) is 6.14. The lowest BCUT2D eigenvalue weighted by atomic mass is 10.1. The van der Waals surface area contributed by atoms with Crippen LogP contribution < -0.4 is 14.8 Å². The smallest absolute Gasteiger partial charge is 0.247 e. The molecule has 9 heteroatoms. The van der Waals surface area contributed by atoms with E-state index in [9.17, 15) is 0 Å². The molecule has 0 spiro atoms. The van der Waals surface area contributed by atoms with Gasteiger partial charge in [-0.1, -0.05) is 48.5 Å². The number of rotatable bonds is 5. The Balaban J connectivity index is 1.84. The van der Waals surface area contributed by atoms with E-state index in [0.717, 1.165) is 33.5 Å². The molecule has 1 aliphatic heterocycles. The van der Waals surface area contributed by atoms with Crippen molar-refractivity contribution in [1.82, 2.24) is 15.2 Å². The summed E-state index contributed by atoms with van der Waals surface area (Å²) in [6, 6.07) is 11.4. The first-order chi connectivity index (χ1) is 14.1. The second kappa shape index (κ2) is 8.77. The summed E-state index contributed by atoms with van der Waals surface area (Å²) in [5.41, 5.74) is 3.07. The molecular formula is C20H18BrClN4O2S. The van der Waals surface area contributed by atoms with Crippen LogP contribution in [0.5, 0.6) is 11.6 Å². The van der Waals surface area contributed by atoms with Crippen molar-refractivity contribution in [3.05, 3.63) is 51.5 Å². The topological polar surface area (TPSA) is 69.2 Å². The van der Waals surface area contributed by atoms with Gasteiger partial charge in [0, 0.05) is 22.0 Å². The molecule has 150 valence electrons. The van der Waals surface area contributed by atoms with Gasteiger partial charge in [0.05, 0.1) is 17.1 Å². The molecule has 0 fully saturated rings. The van der Waals surface area contributed by atoms with Crippen LogP contribution in [0.2, 0.25) is 5.02 Å². The molecule has 0 saturated heterocycles. The van der Waals surface area contributed by atoms with E-state index in [0.29, 0.717) is 27.5 Å². The summed E-state index contributed by atoms with van der Waals surface area (Å²) >= 11 is 11.4. The second-order valence-corrected chi connectivity index (χ2v) is 8.65. The highest BCUT2D eigenvalue weighted by Crippen LogP contribution is 2.43. The molecule has 4 rings (SSSR count). The predicted molar refractivity (Wildman–Crippen MR) is 119 cm³/mol. The largest absolute Gasteiger partial charge is 0.495 e. The normalized spacial score (nSPS) is 14.8. The number of nitrogens with zero attached hydrogens (tertiary/aromatic N) is 3. The molecule has 0 aliphatic carbocycles. The number of hydrogen-bond donors (Lipinski definition) is 1. The summed E-state index contributed by atoms with van der Waals surface area (Å²) < 4.78 is 12.6. The van der Waals surface area contributed by atoms with Gasteiger partial charge in [-0.25, -0.2) is 0 Å². The summed E-state index contributed by atoms with van der Waals surface area (Å²) in [6.07, 6.45) is 0.440. The van der Waals surface area contributed by atoms with Gasteiger partial charge >= 0.3 is 0 Å². The number of fused-ring (bicyclic) bond motifs is 3. The Morgan fingerprint density at radius 1 is 1.28 bits per heavy atom. The minimum Gasteiger partial charge on any atom is -0.495 e. The van der Waals surface area contributed by atoms with Crippen LogP contribution in [0.15, 0.2) is 46.0 Å². The number of methoxy groups -OCH3 is 1. The van der Waals surface area contributed by atoms with Gasteiger partial charge in [0.25, 0.3) is 0 Å². The van der Waals surface area contributed by atoms with Gasteiger partial charge in [-0.05, 0) is 40.5 Å². The minimum atomic E-state index is -0.580. The number of hydrogen-bond acceptors (Lipinski definition) is 7. The van der Waals surface area contributed by atoms with Crippen LogP contribution in [0.1, 0.15) is 25.1 Å². The highest BCUT2D eigenvalue weighted by molar-refractivity contribution is 9.10. The first-order valence-corrected chi connectivity index (χ1v) is 11.2. The maximum Gasteiger partial charge on any atom is 0.247 e. The molecule has 0 radical (unpaired) electrons. The zero-order valence-corrected chi connectivity index (χ0v) is 18.9. The van der Waals surface area contributed by atoms with E-state index in [-0.39, 0.29) is 0 Å². The number of nitrogens with one attached hydrogen (secondary N) is 1. The number of ether oxygens (including phenoxy) is 2. The van der Waals surface area contributed by atoms with Crippen molar-refractivity contribution in [2.75, 3.05) is 18.2 Å². The third-order valence-electron chi connectivity index (χ3n) is 4.29. The van der Waals surface area contributed by atoms with Crippen molar-refractivity contribution in [3.8, 4) is 22.9 Å². The van der Waals surface area contributed by atoms with E-state index in [2.05, 4.69) is 43.4 Å². The molecule has 0 unspecified atom stereocenters. The molecule has 0 bridgehead atoms. The highest BCUT2D eigenvalue weighted by atomic mass is 79.9. The summed E-state index contributed by atoms with van der Waals surface area (Å²) in [4.78, 5) is 4.63. The molecule has 1 aromatic heterocycles. The number of anilines is 1. The Hall–Kier alpha value is -2.03. The van der Waals surface area contributed by atoms with Gasteiger partial charge in [-0.3, -0.25) is 0 Å². The van der Waals surface area contributed by atoms with Crippen LogP contribution in [-0.2, 0) is 0 Å². The molecule has 29 heavy (non-hydrogen) atoms. The molecular weight excluding hydrogens is 476 g/mol. The monoisotopic (exact) mass is 492 g/mol.